The molecule has 0 atom stereocenters. The van der Waals surface area contributed by atoms with Gasteiger partial charge in [0, 0.05) is 17.5 Å². The number of ether oxygens (including phenoxy) is 2. The van der Waals surface area contributed by atoms with Gasteiger partial charge in [-0.25, -0.2) is 0 Å². The van der Waals surface area contributed by atoms with Gasteiger partial charge in [-0.1, -0.05) is 41.7 Å². The van der Waals surface area contributed by atoms with Crippen molar-refractivity contribution < 1.29 is 14.3 Å². The van der Waals surface area contributed by atoms with E-state index in [2.05, 4.69) is 40.7 Å². The van der Waals surface area contributed by atoms with Crippen LogP contribution in [-0.4, -0.2) is 24.7 Å². The van der Waals surface area contributed by atoms with Gasteiger partial charge in [0.1, 0.15) is 0 Å². The fourth-order valence-corrected chi connectivity index (χ4v) is 4.54. The van der Waals surface area contributed by atoms with Crippen molar-refractivity contribution >= 4 is 38.2 Å². The molecule has 0 fully saturated rings. The lowest BCUT2D eigenvalue weighted by Crippen LogP contribution is -2.15. The standard InChI is InChI=1S/C22H20N2O3S/c1-4-24-17-11-9-14-7-5-6-8-16(14)20(17)28-22(24)23-21(25)15-10-12-18(26-2)19(13-15)27-3/h5-13H,4H2,1-3H3. The predicted octanol–water partition coefficient (Wildman–Crippen LogP) is 4.63. The molecule has 4 rings (SSSR count). The van der Waals surface area contributed by atoms with Crippen LogP contribution in [0, 0.1) is 0 Å². The summed E-state index contributed by atoms with van der Waals surface area (Å²) in [6.07, 6.45) is 0. The molecule has 0 saturated heterocycles. The Hall–Kier alpha value is -3.12. The van der Waals surface area contributed by atoms with E-state index in [9.17, 15) is 4.79 Å². The molecule has 0 bridgehead atoms. The number of carbonyl (C=O) groups excluding carboxylic acids is 1. The molecule has 5 nitrogen and oxygen atoms in total. The Morgan fingerprint density at radius 3 is 2.57 bits per heavy atom. The number of aryl methyl sites for hydroxylation is 1. The number of hydrogen-bond acceptors (Lipinski definition) is 4. The van der Waals surface area contributed by atoms with Gasteiger partial charge in [0.15, 0.2) is 16.3 Å². The molecule has 0 spiro atoms. The number of benzene rings is 3. The zero-order chi connectivity index (χ0) is 19.7. The molecule has 142 valence electrons. The number of hydrogen-bond donors (Lipinski definition) is 0. The van der Waals surface area contributed by atoms with Gasteiger partial charge in [0.2, 0.25) is 0 Å². The molecule has 1 aromatic heterocycles. The summed E-state index contributed by atoms with van der Waals surface area (Å²) >= 11 is 1.54. The number of amides is 1. The Balaban J connectivity index is 1.87. The Bertz CT molecular complexity index is 1250. The third-order valence-electron chi connectivity index (χ3n) is 4.72. The summed E-state index contributed by atoms with van der Waals surface area (Å²) in [6, 6.07) is 17.5. The van der Waals surface area contributed by atoms with Gasteiger partial charge in [0.05, 0.1) is 24.4 Å². The number of nitrogens with zero attached hydrogens (tertiary/aromatic N) is 2. The Labute approximate surface area is 166 Å². The van der Waals surface area contributed by atoms with Crippen LogP contribution < -0.4 is 14.3 Å². The summed E-state index contributed by atoms with van der Waals surface area (Å²) < 4.78 is 13.7. The van der Waals surface area contributed by atoms with Crippen molar-refractivity contribution in [3.05, 3.63) is 65.0 Å². The number of aromatic nitrogens is 1. The lowest BCUT2D eigenvalue weighted by Gasteiger charge is -2.07. The van der Waals surface area contributed by atoms with E-state index < -0.39 is 0 Å². The predicted molar refractivity (Wildman–Crippen MR) is 112 cm³/mol. The van der Waals surface area contributed by atoms with E-state index >= 15 is 0 Å². The Morgan fingerprint density at radius 2 is 1.82 bits per heavy atom. The van der Waals surface area contributed by atoms with Crippen molar-refractivity contribution in [2.75, 3.05) is 14.2 Å². The first kappa shape index (κ1) is 18.3. The van der Waals surface area contributed by atoms with E-state index in [4.69, 9.17) is 9.47 Å². The van der Waals surface area contributed by atoms with Crippen molar-refractivity contribution in [3.8, 4) is 11.5 Å². The first-order valence-corrected chi connectivity index (χ1v) is 9.80. The Morgan fingerprint density at radius 1 is 1.04 bits per heavy atom. The highest BCUT2D eigenvalue weighted by Gasteiger charge is 2.13. The van der Waals surface area contributed by atoms with Crippen molar-refractivity contribution in [1.29, 1.82) is 0 Å². The maximum Gasteiger partial charge on any atom is 0.279 e. The second-order valence-corrected chi connectivity index (χ2v) is 7.23. The molecule has 0 N–H and O–H groups in total. The number of thiazole rings is 1. The summed E-state index contributed by atoms with van der Waals surface area (Å²) in [5.41, 5.74) is 1.55. The van der Waals surface area contributed by atoms with Crippen LogP contribution in [0.2, 0.25) is 0 Å². The van der Waals surface area contributed by atoms with Gasteiger partial charge < -0.3 is 14.0 Å². The number of carbonyl (C=O) groups is 1. The number of methoxy groups -OCH3 is 2. The van der Waals surface area contributed by atoms with Gasteiger partial charge >= 0.3 is 0 Å². The molecule has 28 heavy (non-hydrogen) atoms. The second kappa shape index (κ2) is 7.48. The molecule has 4 aromatic rings. The minimum atomic E-state index is -0.306. The first-order valence-electron chi connectivity index (χ1n) is 8.98. The molecule has 1 amide bonds. The molecule has 0 aliphatic heterocycles. The molecular weight excluding hydrogens is 372 g/mol. The minimum Gasteiger partial charge on any atom is -0.493 e. The van der Waals surface area contributed by atoms with Gasteiger partial charge in [-0.05, 0) is 36.6 Å². The van der Waals surface area contributed by atoms with Crippen molar-refractivity contribution in [1.82, 2.24) is 4.57 Å². The molecule has 0 radical (unpaired) electrons. The van der Waals surface area contributed by atoms with Gasteiger partial charge in [-0.15, -0.1) is 0 Å². The smallest absolute Gasteiger partial charge is 0.279 e. The summed E-state index contributed by atoms with van der Waals surface area (Å²) in [6.45, 7) is 2.79. The zero-order valence-corrected chi connectivity index (χ0v) is 16.7. The quantitative estimate of drug-likeness (QED) is 0.509. The van der Waals surface area contributed by atoms with Crippen molar-refractivity contribution in [2.24, 2.45) is 4.99 Å². The fourth-order valence-electron chi connectivity index (χ4n) is 3.31. The van der Waals surface area contributed by atoms with Gasteiger partial charge in [-0.3, -0.25) is 4.79 Å². The van der Waals surface area contributed by atoms with Gasteiger partial charge in [-0.2, -0.15) is 4.99 Å². The fraction of sp³-hybridized carbons (Fsp3) is 0.182. The van der Waals surface area contributed by atoms with Crippen LogP contribution in [0.1, 0.15) is 17.3 Å². The van der Waals surface area contributed by atoms with Crippen LogP contribution in [0.4, 0.5) is 0 Å². The third kappa shape index (κ3) is 3.05. The maximum absolute atomic E-state index is 12.8. The largest absolute Gasteiger partial charge is 0.493 e. The summed E-state index contributed by atoms with van der Waals surface area (Å²) in [7, 11) is 3.11. The molecule has 1 heterocycles. The van der Waals surface area contributed by atoms with Gasteiger partial charge in [0.25, 0.3) is 5.91 Å². The molecule has 0 saturated carbocycles. The SMILES string of the molecule is CCn1c(=NC(=O)c2ccc(OC)c(OC)c2)sc2c3ccccc3ccc21. The highest BCUT2D eigenvalue weighted by Crippen LogP contribution is 2.29. The third-order valence-corrected chi connectivity index (χ3v) is 5.85. The highest BCUT2D eigenvalue weighted by molar-refractivity contribution is 7.17. The first-order chi connectivity index (χ1) is 13.7. The van der Waals surface area contributed by atoms with E-state index in [1.807, 2.05) is 12.1 Å². The molecule has 3 aromatic carbocycles. The molecule has 6 heteroatoms. The molecule has 0 aliphatic rings. The monoisotopic (exact) mass is 392 g/mol. The normalized spacial score (nSPS) is 11.9. The summed E-state index contributed by atoms with van der Waals surface area (Å²) in [5.74, 6) is 0.782. The molecule has 0 unspecified atom stereocenters. The summed E-state index contributed by atoms with van der Waals surface area (Å²) in [5, 5.41) is 2.35. The average Bonchev–Trinajstić information content (AvgIpc) is 3.10. The van der Waals surface area contributed by atoms with Crippen molar-refractivity contribution in [2.45, 2.75) is 13.5 Å². The van der Waals surface area contributed by atoms with E-state index in [-0.39, 0.29) is 5.91 Å². The molecular formula is C22H20N2O3S. The van der Waals surface area contributed by atoms with Crippen LogP contribution >= 0.6 is 11.3 Å². The highest BCUT2D eigenvalue weighted by atomic mass is 32.1. The second-order valence-electron chi connectivity index (χ2n) is 6.25. The van der Waals surface area contributed by atoms with Crippen molar-refractivity contribution in [3.63, 3.8) is 0 Å². The lowest BCUT2D eigenvalue weighted by molar-refractivity contribution is 0.0997. The topological polar surface area (TPSA) is 52.8 Å². The molecule has 0 aliphatic carbocycles. The Kier molecular flexibility index (Phi) is 4.88. The number of fused-ring (bicyclic) bond motifs is 3. The van der Waals surface area contributed by atoms with Crippen LogP contribution in [0.25, 0.3) is 21.0 Å². The lowest BCUT2D eigenvalue weighted by atomic mass is 10.1. The average molecular weight is 392 g/mol. The number of rotatable bonds is 4. The van der Waals surface area contributed by atoms with E-state index in [0.717, 1.165) is 16.8 Å². The summed E-state index contributed by atoms with van der Waals surface area (Å²) in [4.78, 5) is 17.9. The zero-order valence-electron chi connectivity index (χ0n) is 15.9. The maximum atomic E-state index is 12.8. The van der Waals surface area contributed by atoms with E-state index in [1.54, 1.807) is 32.4 Å². The van der Waals surface area contributed by atoms with Crippen LogP contribution in [0.3, 0.4) is 0 Å². The van der Waals surface area contributed by atoms with E-state index in [0.29, 0.717) is 21.9 Å². The van der Waals surface area contributed by atoms with E-state index in [1.165, 1.54) is 22.1 Å². The van der Waals surface area contributed by atoms with Crippen LogP contribution in [-0.2, 0) is 6.54 Å². The van der Waals surface area contributed by atoms with Crippen LogP contribution in [0.5, 0.6) is 11.5 Å². The minimum absolute atomic E-state index is 0.306. The van der Waals surface area contributed by atoms with Crippen LogP contribution in [0.15, 0.2) is 59.6 Å².